The number of aliphatic hydroxyl groups is 1. The van der Waals surface area contributed by atoms with Crippen molar-refractivity contribution in [1.82, 2.24) is 4.90 Å². The molecule has 154 valence electrons. The standard InChI is InChI=1S/C23H27NO4S/c1-14(2)22(26)18-13-19(25)23(27)24(15-9-11-16(29-4)12-10-15)21(18)17-7-5-6-8-20(17)28-3/h5-9,11,13-14,18,21,25H,10,12H2,1-4H3. The lowest BCUT2D eigenvalue weighted by molar-refractivity contribution is -0.136. The summed E-state index contributed by atoms with van der Waals surface area (Å²) in [6.45, 7) is 3.67. The van der Waals surface area contributed by atoms with Crippen molar-refractivity contribution in [3.8, 4) is 5.75 Å². The van der Waals surface area contributed by atoms with Gasteiger partial charge in [-0.05, 0) is 42.2 Å². The van der Waals surface area contributed by atoms with Crippen molar-refractivity contribution in [1.29, 1.82) is 0 Å². The number of ether oxygens (including phenoxy) is 1. The molecular formula is C23H27NO4S. The van der Waals surface area contributed by atoms with Gasteiger partial charge in [-0.2, -0.15) is 0 Å². The van der Waals surface area contributed by atoms with E-state index < -0.39 is 17.9 Å². The first-order chi connectivity index (χ1) is 13.9. The first kappa shape index (κ1) is 21.2. The molecule has 3 rings (SSSR count). The van der Waals surface area contributed by atoms with Crippen LogP contribution in [0.25, 0.3) is 0 Å². The summed E-state index contributed by atoms with van der Waals surface area (Å²) in [6.07, 6.45) is 8.85. The van der Waals surface area contributed by atoms with Crippen LogP contribution in [0.4, 0.5) is 0 Å². The minimum Gasteiger partial charge on any atom is -0.503 e. The Kier molecular flexibility index (Phi) is 6.52. The molecule has 1 aliphatic heterocycles. The van der Waals surface area contributed by atoms with Crippen molar-refractivity contribution in [3.63, 3.8) is 0 Å². The molecule has 0 bridgehead atoms. The minimum atomic E-state index is -0.657. The molecule has 6 heteroatoms. The van der Waals surface area contributed by atoms with Gasteiger partial charge in [0.1, 0.15) is 11.5 Å². The van der Waals surface area contributed by atoms with Gasteiger partial charge in [-0.1, -0.05) is 38.1 Å². The van der Waals surface area contributed by atoms with Gasteiger partial charge in [0, 0.05) is 17.2 Å². The van der Waals surface area contributed by atoms with Crippen molar-refractivity contribution in [2.24, 2.45) is 11.8 Å². The van der Waals surface area contributed by atoms with E-state index in [4.69, 9.17) is 4.74 Å². The summed E-state index contributed by atoms with van der Waals surface area (Å²) in [4.78, 5) is 29.0. The maximum Gasteiger partial charge on any atom is 0.293 e. The average molecular weight is 414 g/mol. The first-order valence-corrected chi connectivity index (χ1v) is 11.0. The van der Waals surface area contributed by atoms with E-state index in [1.807, 2.05) is 56.5 Å². The molecule has 29 heavy (non-hydrogen) atoms. The maximum absolute atomic E-state index is 13.1. The molecule has 1 aliphatic carbocycles. The second-order valence-corrected chi connectivity index (χ2v) is 8.42. The van der Waals surface area contributed by atoms with Crippen LogP contribution in [0.1, 0.15) is 38.3 Å². The number of methoxy groups -OCH3 is 1. The molecule has 2 atom stereocenters. The number of hydrogen-bond donors (Lipinski definition) is 1. The van der Waals surface area contributed by atoms with Gasteiger partial charge in [-0.3, -0.25) is 9.59 Å². The number of rotatable bonds is 6. The quantitative estimate of drug-likeness (QED) is 0.727. The van der Waals surface area contributed by atoms with Crippen molar-refractivity contribution < 1.29 is 19.4 Å². The van der Waals surface area contributed by atoms with E-state index in [9.17, 15) is 14.7 Å². The molecule has 0 radical (unpaired) electrons. The SMILES string of the molecule is COc1ccccc1C1C(C(=O)C(C)C)C=C(O)C(=O)N1C1=CC=C(SC)CC1. The Morgan fingerprint density at radius 2 is 1.97 bits per heavy atom. The van der Waals surface area contributed by atoms with E-state index in [0.717, 1.165) is 17.7 Å². The number of Topliss-reactive ketones (excluding diaryl/α,β-unsaturated/α-hetero) is 1. The van der Waals surface area contributed by atoms with Gasteiger partial charge in [0.15, 0.2) is 5.76 Å². The molecule has 0 saturated heterocycles. The van der Waals surface area contributed by atoms with E-state index >= 15 is 0 Å². The molecular weight excluding hydrogens is 386 g/mol. The molecule has 1 amide bonds. The summed E-state index contributed by atoms with van der Waals surface area (Å²) in [5.41, 5.74) is 1.55. The molecule has 1 aromatic rings. The van der Waals surface area contributed by atoms with Crippen LogP contribution in [0.5, 0.6) is 5.75 Å². The van der Waals surface area contributed by atoms with Gasteiger partial charge in [-0.15, -0.1) is 11.8 Å². The fourth-order valence-corrected chi connectivity index (χ4v) is 4.41. The molecule has 5 nitrogen and oxygen atoms in total. The van der Waals surface area contributed by atoms with Gasteiger partial charge in [0.2, 0.25) is 0 Å². The van der Waals surface area contributed by atoms with E-state index in [1.165, 1.54) is 11.0 Å². The second-order valence-electron chi connectivity index (χ2n) is 7.49. The molecule has 2 unspecified atom stereocenters. The Hall–Kier alpha value is -2.47. The smallest absolute Gasteiger partial charge is 0.293 e. The predicted molar refractivity (Wildman–Crippen MR) is 116 cm³/mol. The number of carbonyl (C=O) groups excluding carboxylic acids is 2. The van der Waals surface area contributed by atoms with Crippen LogP contribution >= 0.6 is 11.8 Å². The molecule has 0 fully saturated rings. The third kappa shape index (κ3) is 4.13. The minimum absolute atomic E-state index is 0.0262. The maximum atomic E-state index is 13.1. The van der Waals surface area contributed by atoms with Gasteiger partial charge >= 0.3 is 0 Å². The zero-order chi connectivity index (χ0) is 21.1. The highest BCUT2D eigenvalue weighted by Gasteiger charge is 2.44. The molecule has 0 aromatic heterocycles. The number of aliphatic hydroxyl groups excluding tert-OH is 1. The largest absolute Gasteiger partial charge is 0.503 e. The average Bonchev–Trinajstić information content (AvgIpc) is 2.74. The lowest BCUT2D eigenvalue weighted by Gasteiger charge is -2.41. The van der Waals surface area contributed by atoms with Crippen LogP contribution in [-0.2, 0) is 9.59 Å². The van der Waals surface area contributed by atoms with Crippen LogP contribution in [0.2, 0.25) is 0 Å². The van der Waals surface area contributed by atoms with Crippen molar-refractivity contribution in [2.75, 3.05) is 13.4 Å². The van der Waals surface area contributed by atoms with Gasteiger partial charge < -0.3 is 14.7 Å². The van der Waals surface area contributed by atoms with Gasteiger partial charge in [0.05, 0.1) is 19.1 Å². The Bertz CT molecular complexity index is 900. The molecule has 1 aromatic carbocycles. The number of ketones is 1. The predicted octanol–water partition coefficient (Wildman–Crippen LogP) is 4.79. The molecule has 0 spiro atoms. The summed E-state index contributed by atoms with van der Waals surface area (Å²) in [7, 11) is 1.58. The zero-order valence-corrected chi connectivity index (χ0v) is 18.0. The van der Waals surface area contributed by atoms with Crippen LogP contribution < -0.4 is 4.74 Å². The van der Waals surface area contributed by atoms with E-state index in [1.54, 1.807) is 23.8 Å². The zero-order valence-electron chi connectivity index (χ0n) is 17.2. The summed E-state index contributed by atoms with van der Waals surface area (Å²) < 4.78 is 5.55. The number of benzene rings is 1. The molecule has 0 saturated carbocycles. The van der Waals surface area contributed by atoms with Crippen molar-refractivity contribution in [3.05, 3.63) is 64.4 Å². The Labute approximate surface area is 176 Å². The highest BCUT2D eigenvalue weighted by molar-refractivity contribution is 8.02. The fourth-order valence-electron chi connectivity index (χ4n) is 3.90. The summed E-state index contributed by atoms with van der Waals surface area (Å²) in [6, 6.07) is 6.87. The van der Waals surface area contributed by atoms with E-state index in [-0.39, 0.29) is 17.5 Å². The van der Waals surface area contributed by atoms with E-state index in [2.05, 4.69) is 0 Å². The number of allylic oxidation sites excluding steroid dienone is 4. The summed E-state index contributed by atoms with van der Waals surface area (Å²) in [5.74, 6) is -1.17. The number of thioether (sulfide) groups is 1. The van der Waals surface area contributed by atoms with Crippen molar-refractivity contribution >= 4 is 23.5 Å². The third-order valence-corrected chi connectivity index (χ3v) is 6.27. The van der Waals surface area contributed by atoms with Crippen LogP contribution in [-0.4, -0.2) is 35.1 Å². The first-order valence-electron chi connectivity index (χ1n) is 9.73. The number of carbonyl (C=O) groups is 2. The van der Waals surface area contributed by atoms with Crippen LogP contribution in [0, 0.1) is 11.8 Å². The van der Waals surface area contributed by atoms with Crippen molar-refractivity contribution in [2.45, 2.75) is 32.7 Å². The number of nitrogens with zero attached hydrogens (tertiary/aromatic N) is 1. The van der Waals surface area contributed by atoms with Gasteiger partial charge in [0.25, 0.3) is 5.91 Å². The topological polar surface area (TPSA) is 66.8 Å². The molecule has 1 N–H and O–H groups in total. The number of hydrogen-bond acceptors (Lipinski definition) is 5. The Morgan fingerprint density at radius 1 is 1.24 bits per heavy atom. The second kappa shape index (κ2) is 8.91. The summed E-state index contributed by atoms with van der Waals surface area (Å²) in [5, 5.41) is 10.4. The monoisotopic (exact) mass is 413 g/mol. The molecule has 1 heterocycles. The third-order valence-electron chi connectivity index (χ3n) is 5.41. The lowest BCUT2D eigenvalue weighted by atomic mass is 9.80. The number of para-hydroxylation sites is 1. The Morgan fingerprint density at radius 3 is 2.55 bits per heavy atom. The van der Waals surface area contributed by atoms with Gasteiger partial charge in [-0.25, -0.2) is 0 Å². The Balaban J connectivity index is 2.19. The highest BCUT2D eigenvalue weighted by Crippen LogP contribution is 2.44. The molecule has 2 aliphatic rings. The number of amides is 1. The normalized spacial score (nSPS) is 22.2. The van der Waals surface area contributed by atoms with E-state index in [0.29, 0.717) is 12.2 Å². The van der Waals surface area contributed by atoms with Crippen LogP contribution in [0.3, 0.4) is 0 Å². The van der Waals surface area contributed by atoms with Crippen LogP contribution in [0.15, 0.2) is 58.9 Å². The lowest BCUT2D eigenvalue weighted by Crippen LogP contribution is -2.45. The fraction of sp³-hybridized carbons (Fsp3) is 0.391. The summed E-state index contributed by atoms with van der Waals surface area (Å²) >= 11 is 1.69. The highest BCUT2D eigenvalue weighted by atomic mass is 32.2.